The second-order valence-corrected chi connectivity index (χ2v) is 4.16. The summed E-state index contributed by atoms with van der Waals surface area (Å²) in [6.07, 6.45) is 0.734. The van der Waals surface area contributed by atoms with Gasteiger partial charge < -0.3 is 9.64 Å². The van der Waals surface area contributed by atoms with E-state index in [1.807, 2.05) is 27.7 Å². The van der Waals surface area contributed by atoms with Crippen LogP contribution in [0.1, 0.15) is 34.1 Å². The van der Waals surface area contributed by atoms with Crippen LogP contribution in [0.4, 0.5) is 4.79 Å². The first-order valence-corrected chi connectivity index (χ1v) is 4.42. The van der Waals surface area contributed by atoms with Crippen molar-refractivity contribution in [1.82, 2.24) is 4.90 Å². The second kappa shape index (κ2) is 2.96. The molecule has 1 saturated heterocycles. The van der Waals surface area contributed by atoms with Gasteiger partial charge in [-0.1, -0.05) is 0 Å². The van der Waals surface area contributed by atoms with E-state index in [2.05, 4.69) is 0 Å². The molecule has 3 nitrogen and oxygen atoms in total. The third-order valence-electron chi connectivity index (χ3n) is 2.18. The molecule has 1 rings (SSSR count). The normalized spacial score (nSPS) is 22.8. The summed E-state index contributed by atoms with van der Waals surface area (Å²) in [5.41, 5.74) is -0.275. The maximum atomic E-state index is 11.4. The largest absolute Gasteiger partial charge is 0.443 e. The van der Waals surface area contributed by atoms with E-state index < -0.39 is 0 Å². The van der Waals surface area contributed by atoms with Crippen LogP contribution in [0, 0.1) is 0 Å². The summed E-state index contributed by atoms with van der Waals surface area (Å²) in [4.78, 5) is 13.1. The third-order valence-corrected chi connectivity index (χ3v) is 2.18. The Morgan fingerprint density at radius 1 is 1.50 bits per heavy atom. The number of hydrogen-bond donors (Lipinski definition) is 0. The van der Waals surface area contributed by atoms with Crippen molar-refractivity contribution >= 4 is 6.09 Å². The van der Waals surface area contributed by atoms with Gasteiger partial charge in [-0.2, -0.15) is 0 Å². The van der Waals surface area contributed by atoms with Gasteiger partial charge in [0.05, 0.1) is 0 Å². The first kappa shape index (κ1) is 9.36. The van der Waals surface area contributed by atoms with Crippen LogP contribution in [0.25, 0.3) is 0 Å². The number of nitrogens with zero attached hydrogens (tertiary/aromatic N) is 1. The lowest BCUT2D eigenvalue weighted by Crippen LogP contribution is -2.49. The fourth-order valence-corrected chi connectivity index (χ4v) is 1.30. The van der Waals surface area contributed by atoms with E-state index in [0.29, 0.717) is 0 Å². The van der Waals surface area contributed by atoms with E-state index in [0.717, 1.165) is 13.0 Å². The van der Waals surface area contributed by atoms with Gasteiger partial charge in [0.2, 0.25) is 0 Å². The highest BCUT2D eigenvalue weighted by Gasteiger charge is 2.33. The van der Waals surface area contributed by atoms with Crippen LogP contribution in [0.3, 0.4) is 0 Å². The Kier molecular flexibility index (Phi) is 2.31. The number of rotatable bonds is 1. The molecule has 12 heavy (non-hydrogen) atoms. The van der Waals surface area contributed by atoms with Crippen LogP contribution < -0.4 is 0 Å². The minimum Gasteiger partial charge on any atom is -0.443 e. The first-order chi connectivity index (χ1) is 5.42. The van der Waals surface area contributed by atoms with Crippen LogP contribution in [-0.2, 0) is 4.74 Å². The Balaban J connectivity index is 2.60. The molecular formula is C9H17NO2. The predicted octanol–water partition coefficient (Wildman–Crippen LogP) is 2.02. The molecule has 0 atom stereocenters. The third kappa shape index (κ3) is 1.90. The molecule has 1 aliphatic heterocycles. The monoisotopic (exact) mass is 171 g/mol. The van der Waals surface area contributed by atoms with Gasteiger partial charge in [-0.25, -0.2) is 4.79 Å². The van der Waals surface area contributed by atoms with Crippen LogP contribution in [0.5, 0.6) is 0 Å². The van der Waals surface area contributed by atoms with Crippen molar-refractivity contribution in [3.05, 3.63) is 0 Å². The van der Waals surface area contributed by atoms with Crippen molar-refractivity contribution in [3.8, 4) is 0 Å². The summed E-state index contributed by atoms with van der Waals surface area (Å²) in [5.74, 6) is 0. The lowest BCUT2D eigenvalue weighted by molar-refractivity contribution is -0.0322. The topological polar surface area (TPSA) is 29.5 Å². The molecule has 1 amide bonds. The van der Waals surface area contributed by atoms with Crippen LogP contribution in [-0.4, -0.2) is 29.2 Å². The summed E-state index contributed by atoms with van der Waals surface area (Å²) >= 11 is 0. The SMILES string of the molecule is CC(C)N1CCC(C)(C)OC1=O. The van der Waals surface area contributed by atoms with Gasteiger partial charge >= 0.3 is 6.09 Å². The molecule has 0 aromatic heterocycles. The standard InChI is InChI=1S/C9H17NO2/c1-7(2)10-6-5-9(3,4)12-8(10)11/h7H,5-6H2,1-4H3. The number of amides is 1. The fourth-order valence-electron chi connectivity index (χ4n) is 1.30. The van der Waals surface area contributed by atoms with Gasteiger partial charge in [-0.15, -0.1) is 0 Å². The molecule has 0 saturated carbocycles. The Hall–Kier alpha value is -0.730. The van der Waals surface area contributed by atoms with E-state index in [1.54, 1.807) is 4.90 Å². The highest BCUT2D eigenvalue weighted by molar-refractivity contribution is 5.69. The van der Waals surface area contributed by atoms with Crippen LogP contribution in [0.2, 0.25) is 0 Å². The van der Waals surface area contributed by atoms with Crippen molar-refractivity contribution in [2.45, 2.75) is 45.8 Å². The van der Waals surface area contributed by atoms with Crippen LogP contribution in [0.15, 0.2) is 0 Å². The average molecular weight is 171 g/mol. The quantitative estimate of drug-likeness (QED) is 0.604. The molecule has 0 bridgehead atoms. The van der Waals surface area contributed by atoms with Crippen molar-refractivity contribution in [2.24, 2.45) is 0 Å². The number of hydrogen-bond acceptors (Lipinski definition) is 2. The minimum atomic E-state index is -0.275. The molecule has 0 unspecified atom stereocenters. The molecule has 0 spiro atoms. The smallest absolute Gasteiger partial charge is 0.410 e. The number of carbonyl (C=O) groups is 1. The molecule has 0 radical (unpaired) electrons. The molecule has 0 aliphatic carbocycles. The molecule has 1 aliphatic rings. The Labute approximate surface area is 73.7 Å². The molecular weight excluding hydrogens is 154 g/mol. The fraction of sp³-hybridized carbons (Fsp3) is 0.889. The molecule has 0 aromatic carbocycles. The summed E-state index contributed by atoms with van der Waals surface area (Å²) < 4.78 is 5.23. The minimum absolute atomic E-state index is 0.179. The van der Waals surface area contributed by atoms with Gasteiger partial charge in [0, 0.05) is 19.0 Å². The Morgan fingerprint density at radius 3 is 2.50 bits per heavy atom. The predicted molar refractivity (Wildman–Crippen MR) is 47.0 cm³/mol. The molecule has 0 aromatic rings. The van der Waals surface area contributed by atoms with Crippen LogP contribution >= 0.6 is 0 Å². The van der Waals surface area contributed by atoms with E-state index >= 15 is 0 Å². The van der Waals surface area contributed by atoms with E-state index in [1.165, 1.54) is 0 Å². The van der Waals surface area contributed by atoms with E-state index in [-0.39, 0.29) is 17.7 Å². The molecule has 3 heteroatoms. The molecule has 0 N–H and O–H groups in total. The van der Waals surface area contributed by atoms with Gasteiger partial charge in [-0.05, 0) is 27.7 Å². The maximum Gasteiger partial charge on any atom is 0.410 e. The highest BCUT2D eigenvalue weighted by Crippen LogP contribution is 2.23. The maximum absolute atomic E-state index is 11.4. The summed E-state index contributed by atoms with van der Waals surface area (Å²) in [6, 6.07) is 0.244. The van der Waals surface area contributed by atoms with Gasteiger partial charge in [0.1, 0.15) is 5.60 Å². The summed E-state index contributed by atoms with van der Waals surface area (Å²) in [7, 11) is 0. The molecule has 1 heterocycles. The van der Waals surface area contributed by atoms with Crippen molar-refractivity contribution in [2.75, 3.05) is 6.54 Å². The number of cyclic esters (lactones) is 1. The van der Waals surface area contributed by atoms with E-state index in [4.69, 9.17) is 4.74 Å². The lowest BCUT2D eigenvalue weighted by atomic mass is 10.0. The van der Waals surface area contributed by atoms with Crippen molar-refractivity contribution in [3.63, 3.8) is 0 Å². The highest BCUT2D eigenvalue weighted by atomic mass is 16.6. The zero-order chi connectivity index (χ0) is 9.35. The van der Waals surface area contributed by atoms with Gasteiger partial charge in [0.15, 0.2) is 0 Å². The van der Waals surface area contributed by atoms with Gasteiger partial charge in [-0.3, -0.25) is 0 Å². The Bertz CT molecular complexity index is 187. The second-order valence-electron chi connectivity index (χ2n) is 4.16. The zero-order valence-corrected chi connectivity index (χ0v) is 8.26. The average Bonchev–Trinajstić information content (AvgIpc) is 1.83. The lowest BCUT2D eigenvalue weighted by Gasteiger charge is -2.38. The zero-order valence-electron chi connectivity index (χ0n) is 8.26. The van der Waals surface area contributed by atoms with Crippen molar-refractivity contribution in [1.29, 1.82) is 0 Å². The van der Waals surface area contributed by atoms with E-state index in [9.17, 15) is 4.79 Å². The van der Waals surface area contributed by atoms with Crippen molar-refractivity contribution < 1.29 is 9.53 Å². The number of carbonyl (C=O) groups excluding carboxylic acids is 1. The number of ether oxygens (including phenoxy) is 1. The van der Waals surface area contributed by atoms with Gasteiger partial charge in [0.25, 0.3) is 0 Å². The Morgan fingerprint density at radius 2 is 2.08 bits per heavy atom. The molecule has 70 valence electrons. The summed E-state index contributed by atoms with van der Waals surface area (Å²) in [5, 5.41) is 0. The summed E-state index contributed by atoms with van der Waals surface area (Å²) in [6.45, 7) is 8.70. The first-order valence-electron chi connectivity index (χ1n) is 4.42. The molecule has 1 fully saturated rings.